The molecule has 1 aromatic heterocycles. The number of rotatable bonds is 3. The molecule has 0 aliphatic heterocycles. The predicted octanol–water partition coefficient (Wildman–Crippen LogP) is 1.58. The fraction of sp³-hybridized carbons (Fsp3) is 0.400. The van der Waals surface area contributed by atoms with Crippen LogP contribution in [-0.2, 0) is 16.0 Å². The number of esters is 1. The molecular formula is C10H13NO2. The second-order valence-corrected chi connectivity index (χ2v) is 2.95. The highest BCUT2D eigenvalue weighted by Crippen LogP contribution is 2.02. The van der Waals surface area contributed by atoms with Crippen LogP contribution in [0.25, 0.3) is 0 Å². The molecule has 0 aliphatic carbocycles. The maximum Gasteiger partial charge on any atom is 0.302 e. The van der Waals surface area contributed by atoms with Crippen molar-refractivity contribution in [3.8, 4) is 0 Å². The van der Waals surface area contributed by atoms with Crippen LogP contribution < -0.4 is 0 Å². The molecule has 0 unspecified atom stereocenters. The molecule has 3 heteroatoms. The standard InChI is InChI=1S/C10H13NO2/c1-8(13-9(2)12)7-10-5-3-4-6-11-10/h3-6,8H,7H2,1-2H3/t8-/m0/s1. The predicted molar refractivity (Wildman–Crippen MR) is 49.2 cm³/mol. The van der Waals surface area contributed by atoms with Crippen molar-refractivity contribution in [2.75, 3.05) is 0 Å². The van der Waals surface area contributed by atoms with E-state index in [0.717, 1.165) is 5.69 Å². The molecule has 0 amide bonds. The van der Waals surface area contributed by atoms with Gasteiger partial charge < -0.3 is 4.74 Å². The molecule has 0 saturated heterocycles. The lowest BCUT2D eigenvalue weighted by atomic mass is 10.2. The molecule has 3 nitrogen and oxygen atoms in total. The van der Waals surface area contributed by atoms with Gasteiger partial charge in [-0.3, -0.25) is 9.78 Å². The van der Waals surface area contributed by atoms with Gasteiger partial charge in [-0.25, -0.2) is 0 Å². The fourth-order valence-electron chi connectivity index (χ4n) is 1.14. The second-order valence-electron chi connectivity index (χ2n) is 2.95. The topological polar surface area (TPSA) is 39.2 Å². The van der Waals surface area contributed by atoms with Crippen LogP contribution in [-0.4, -0.2) is 17.1 Å². The summed E-state index contributed by atoms with van der Waals surface area (Å²) in [6, 6.07) is 5.70. The van der Waals surface area contributed by atoms with Crippen molar-refractivity contribution < 1.29 is 9.53 Å². The molecule has 0 aliphatic rings. The Labute approximate surface area is 77.8 Å². The third kappa shape index (κ3) is 3.69. The zero-order valence-electron chi connectivity index (χ0n) is 7.86. The van der Waals surface area contributed by atoms with Gasteiger partial charge in [-0.15, -0.1) is 0 Å². The maximum atomic E-state index is 10.6. The van der Waals surface area contributed by atoms with E-state index in [1.807, 2.05) is 25.1 Å². The summed E-state index contributed by atoms with van der Waals surface area (Å²) in [7, 11) is 0. The van der Waals surface area contributed by atoms with Gasteiger partial charge in [0.05, 0.1) is 0 Å². The number of ether oxygens (including phenoxy) is 1. The van der Waals surface area contributed by atoms with Crippen LogP contribution in [0.5, 0.6) is 0 Å². The number of aromatic nitrogens is 1. The largest absolute Gasteiger partial charge is 0.462 e. The van der Waals surface area contributed by atoms with Gasteiger partial charge in [-0.05, 0) is 19.1 Å². The minimum absolute atomic E-state index is 0.104. The lowest BCUT2D eigenvalue weighted by Crippen LogP contribution is -2.15. The van der Waals surface area contributed by atoms with Gasteiger partial charge in [-0.2, -0.15) is 0 Å². The Morgan fingerprint density at radius 1 is 1.62 bits per heavy atom. The summed E-state index contributed by atoms with van der Waals surface area (Å²) < 4.78 is 4.98. The van der Waals surface area contributed by atoms with E-state index in [2.05, 4.69) is 4.98 Å². The number of carbonyl (C=O) groups excluding carboxylic acids is 1. The Morgan fingerprint density at radius 3 is 2.92 bits per heavy atom. The first-order valence-electron chi connectivity index (χ1n) is 4.25. The molecule has 0 fully saturated rings. The van der Waals surface area contributed by atoms with Crippen LogP contribution in [0.2, 0.25) is 0 Å². The normalized spacial score (nSPS) is 12.2. The van der Waals surface area contributed by atoms with Crippen LogP contribution >= 0.6 is 0 Å². The number of hydrogen-bond donors (Lipinski definition) is 0. The number of nitrogens with zero attached hydrogens (tertiary/aromatic N) is 1. The Balaban J connectivity index is 2.45. The molecule has 70 valence electrons. The lowest BCUT2D eigenvalue weighted by molar-refractivity contribution is -0.145. The van der Waals surface area contributed by atoms with Crippen LogP contribution in [0, 0.1) is 0 Å². The highest BCUT2D eigenvalue weighted by Gasteiger charge is 2.06. The molecule has 0 spiro atoms. The van der Waals surface area contributed by atoms with E-state index in [9.17, 15) is 4.79 Å². The highest BCUT2D eigenvalue weighted by molar-refractivity contribution is 5.66. The van der Waals surface area contributed by atoms with Crippen molar-refractivity contribution in [2.24, 2.45) is 0 Å². The summed E-state index contributed by atoms with van der Waals surface area (Å²) in [5.74, 6) is -0.247. The van der Waals surface area contributed by atoms with Gasteiger partial charge in [0.1, 0.15) is 6.10 Å². The van der Waals surface area contributed by atoms with Crippen molar-refractivity contribution in [3.63, 3.8) is 0 Å². The third-order valence-electron chi connectivity index (χ3n) is 1.59. The quantitative estimate of drug-likeness (QED) is 0.661. The summed E-state index contributed by atoms with van der Waals surface area (Å²) in [5, 5.41) is 0. The first kappa shape index (κ1) is 9.71. The number of carbonyl (C=O) groups is 1. The van der Waals surface area contributed by atoms with Crippen molar-refractivity contribution in [1.82, 2.24) is 4.98 Å². The Hall–Kier alpha value is -1.38. The maximum absolute atomic E-state index is 10.6. The van der Waals surface area contributed by atoms with Crippen LogP contribution in [0.1, 0.15) is 19.5 Å². The summed E-state index contributed by atoms with van der Waals surface area (Å²) in [6.07, 6.45) is 2.29. The minimum Gasteiger partial charge on any atom is -0.462 e. The highest BCUT2D eigenvalue weighted by atomic mass is 16.5. The SMILES string of the molecule is CC(=O)O[C@@H](C)Cc1ccccn1. The van der Waals surface area contributed by atoms with E-state index < -0.39 is 0 Å². The fourth-order valence-corrected chi connectivity index (χ4v) is 1.14. The molecule has 1 rings (SSSR count). The monoisotopic (exact) mass is 179 g/mol. The van der Waals surface area contributed by atoms with Gasteiger partial charge in [0.15, 0.2) is 0 Å². The summed E-state index contributed by atoms with van der Waals surface area (Å²) in [5.41, 5.74) is 0.941. The smallest absolute Gasteiger partial charge is 0.302 e. The molecule has 1 heterocycles. The zero-order chi connectivity index (χ0) is 9.68. The van der Waals surface area contributed by atoms with Crippen LogP contribution in [0.4, 0.5) is 0 Å². The van der Waals surface area contributed by atoms with E-state index in [-0.39, 0.29) is 12.1 Å². The van der Waals surface area contributed by atoms with Gasteiger partial charge >= 0.3 is 5.97 Å². The molecule has 1 aromatic rings. The first-order valence-corrected chi connectivity index (χ1v) is 4.25. The molecule has 1 atom stereocenters. The van der Waals surface area contributed by atoms with Gasteiger partial charge in [-0.1, -0.05) is 6.07 Å². The molecule has 0 aromatic carbocycles. The Kier molecular flexibility index (Phi) is 3.43. The molecule has 0 N–H and O–H groups in total. The molecule has 0 saturated carbocycles. The lowest BCUT2D eigenvalue weighted by Gasteiger charge is -2.10. The Morgan fingerprint density at radius 2 is 2.38 bits per heavy atom. The van der Waals surface area contributed by atoms with E-state index in [4.69, 9.17) is 4.74 Å². The molecule has 0 bridgehead atoms. The zero-order valence-corrected chi connectivity index (χ0v) is 7.86. The molecule has 13 heavy (non-hydrogen) atoms. The van der Waals surface area contributed by atoms with E-state index in [1.165, 1.54) is 6.92 Å². The van der Waals surface area contributed by atoms with Gasteiger partial charge in [0, 0.05) is 25.2 Å². The summed E-state index contributed by atoms with van der Waals surface area (Å²) in [6.45, 7) is 3.27. The average Bonchev–Trinajstić information content (AvgIpc) is 2.04. The Bertz CT molecular complexity index is 272. The third-order valence-corrected chi connectivity index (χ3v) is 1.59. The summed E-state index contributed by atoms with van der Waals surface area (Å²) >= 11 is 0. The van der Waals surface area contributed by atoms with Crippen LogP contribution in [0.3, 0.4) is 0 Å². The molecular weight excluding hydrogens is 166 g/mol. The van der Waals surface area contributed by atoms with Crippen molar-refractivity contribution in [3.05, 3.63) is 30.1 Å². The van der Waals surface area contributed by atoms with E-state index >= 15 is 0 Å². The van der Waals surface area contributed by atoms with Gasteiger partial charge in [0.2, 0.25) is 0 Å². The van der Waals surface area contributed by atoms with Crippen molar-refractivity contribution in [1.29, 1.82) is 0 Å². The number of hydrogen-bond acceptors (Lipinski definition) is 3. The van der Waals surface area contributed by atoms with E-state index in [0.29, 0.717) is 6.42 Å². The first-order chi connectivity index (χ1) is 6.18. The molecule has 0 radical (unpaired) electrons. The average molecular weight is 179 g/mol. The summed E-state index contributed by atoms with van der Waals surface area (Å²) in [4.78, 5) is 14.7. The van der Waals surface area contributed by atoms with Crippen molar-refractivity contribution in [2.45, 2.75) is 26.4 Å². The van der Waals surface area contributed by atoms with Gasteiger partial charge in [0.25, 0.3) is 0 Å². The van der Waals surface area contributed by atoms with Crippen LogP contribution in [0.15, 0.2) is 24.4 Å². The number of pyridine rings is 1. The van der Waals surface area contributed by atoms with E-state index in [1.54, 1.807) is 6.20 Å². The van der Waals surface area contributed by atoms with Crippen molar-refractivity contribution >= 4 is 5.97 Å². The second kappa shape index (κ2) is 4.60. The minimum atomic E-state index is -0.247.